The van der Waals surface area contributed by atoms with Crippen molar-refractivity contribution in [3.8, 4) is 0 Å². The van der Waals surface area contributed by atoms with Gasteiger partial charge >= 0.3 is 0 Å². The van der Waals surface area contributed by atoms with E-state index < -0.39 is 0 Å². The third-order valence-corrected chi connectivity index (χ3v) is 5.67. The Labute approximate surface area is 169 Å². The average Bonchev–Trinajstić information content (AvgIpc) is 3.16. The Kier molecular flexibility index (Phi) is 5.42. The second-order valence-corrected chi connectivity index (χ2v) is 7.83. The first-order valence-corrected chi connectivity index (χ1v) is 9.83. The van der Waals surface area contributed by atoms with Crippen molar-refractivity contribution in [3.63, 3.8) is 0 Å². The van der Waals surface area contributed by atoms with E-state index in [9.17, 15) is 9.18 Å². The largest absolute Gasteiger partial charge is 0.353 e. The third kappa shape index (κ3) is 4.36. The number of carbonyl (C=O) groups excluding carboxylic acids is 1. The minimum Gasteiger partial charge on any atom is -0.353 e. The lowest BCUT2D eigenvalue weighted by Crippen LogP contribution is -2.28. The van der Waals surface area contributed by atoms with Gasteiger partial charge in [0.2, 0.25) is 11.9 Å². The van der Waals surface area contributed by atoms with E-state index in [1.165, 1.54) is 12.3 Å². The number of halogens is 1. The summed E-state index contributed by atoms with van der Waals surface area (Å²) < 4.78 is 14.2. The van der Waals surface area contributed by atoms with Crippen LogP contribution in [0.4, 0.5) is 16.2 Å². The molecule has 2 fully saturated rings. The molecule has 8 heteroatoms. The van der Waals surface area contributed by atoms with Crippen LogP contribution in [0.25, 0.3) is 6.08 Å². The van der Waals surface area contributed by atoms with Gasteiger partial charge < -0.3 is 15.1 Å². The predicted octanol–water partition coefficient (Wildman–Crippen LogP) is 1.98. The van der Waals surface area contributed by atoms with E-state index in [-0.39, 0.29) is 11.7 Å². The lowest BCUT2D eigenvalue weighted by atomic mass is 10.2. The monoisotopic (exact) mass is 396 g/mol. The van der Waals surface area contributed by atoms with Crippen LogP contribution >= 0.6 is 0 Å². The first kappa shape index (κ1) is 19.3. The molecule has 1 aliphatic heterocycles. The minimum absolute atomic E-state index is 0.0967. The normalized spacial score (nSPS) is 22.6. The van der Waals surface area contributed by atoms with Crippen molar-refractivity contribution in [2.24, 2.45) is 17.8 Å². The summed E-state index contributed by atoms with van der Waals surface area (Å²) in [5.41, 5.74) is 0.897. The fourth-order valence-electron chi connectivity index (χ4n) is 4.10. The Hall–Kier alpha value is -3.03. The van der Waals surface area contributed by atoms with Crippen molar-refractivity contribution in [2.45, 2.75) is 6.42 Å². The summed E-state index contributed by atoms with van der Waals surface area (Å²) in [6.45, 7) is 2.27. The molecule has 152 valence electrons. The van der Waals surface area contributed by atoms with Gasteiger partial charge in [0.25, 0.3) is 0 Å². The first-order valence-electron chi connectivity index (χ1n) is 9.83. The van der Waals surface area contributed by atoms with Gasteiger partial charge in [0, 0.05) is 52.2 Å². The van der Waals surface area contributed by atoms with Crippen LogP contribution in [-0.4, -0.2) is 54.6 Å². The molecule has 1 aliphatic carbocycles. The number of pyridine rings is 1. The minimum atomic E-state index is -0.374. The van der Waals surface area contributed by atoms with Crippen LogP contribution < -0.4 is 15.1 Å². The highest BCUT2D eigenvalue weighted by atomic mass is 19.1. The standard InChI is InChI=1S/C21H25FN6O/c1-27(2)21-25-11-18(22)20(26-21)28-12-16-15(17(16)13-28)7-9-24-19(29)6-5-14-4-3-8-23-10-14/h3-6,8,10-11,15-17H,7,9,12-13H2,1-2H3,(H,24,29)/b6-5+/t15-,16-,17+. The van der Waals surface area contributed by atoms with Crippen LogP contribution in [-0.2, 0) is 4.79 Å². The van der Waals surface area contributed by atoms with Crippen LogP contribution in [0, 0.1) is 23.6 Å². The van der Waals surface area contributed by atoms with Gasteiger partial charge in [0.1, 0.15) is 0 Å². The van der Waals surface area contributed by atoms with Gasteiger partial charge in [-0.3, -0.25) is 9.78 Å². The predicted molar refractivity (Wildman–Crippen MR) is 110 cm³/mol. The second-order valence-electron chi connectivity index (χ2n) is 7.83. The van der Waals surface area contributed by atoms with E-state index in [0.717, 1.165) is 25.1 Å². The van der Waals surface area contributed by atoms with Gasteiger partial charge in [0.05, 0.1) is 6.20 Å². The molecular formula is C21H25FN6O. The fraction of sp³-hybridized carbons (Fsp3) is 0.429. The lowest BCUT2D eigenvalue weighted by Gasteiger charge is -2.22. The van der Waals surface area contributed by atoms with E-state index >= 15 is 0 Å². The van der Waals surface area contributed by atoms with Crippen molar-refractivity contribution in [1.82, 2.24) is 20.3 Å². The molecule has 2 aliphatic rings. The van der Waals surface area contributed by atoms with Gasteiger partial charge in [-0.1, -0.05) is 6.07 Å². The van der Waals surface area contributed by atoms with Crippen molar-refractivity contribution < 1.29 is 9.18 Å². The zero-order valence-electron chi connectivity index (χ0n) is 16.6. The summed E-state index contributed by atoms with van der Waals surface area (Å²) in [6.07, 6.45) is 8.89. The molecule has 0 radical (unpaired) electrons. The van der Waals surface area contributed by atoms with E-state index in [1.807, 2.05) is 31.1 Å². The number of hydrogen-bond donors (Lipinski definition) is 1. The fourth-order valence-corrected chi connectivity index (χ4v) is 4.10. The molecule has 2 aromatic heterocycles. The molecule has 0 spiro atoms. The molecule has 1 saturated carbocycles. The summed E-state index contributed by atoms with van der Waals surface area (Å²) in [6, 6.07) is 3.73. The SMILES string of the molecule is CN(C)c1ncc(F)c(N2C[C@@H]3[C@@H](CCNC(=O)/C=C/c4cccnc4)[C@@H]3C2)n1. The maximum absolute atomic E-state index is 14.2. The summed E-state index contributed by atoms with van der Waals surface area (Å²) in [5, 5.41) is 2.94. The van der Waals surface area contributed by atoms with E-state index in [1.54, 1.807) is 23.4 Å². The van der Waals surface area contributed by atoms with Crippen molar-refractivity contribution in [3.05, 3.63) is 48.2 Å². The Morgan fingerprint density at radius 3 is 2.83 bits per heavy atom. The molecule has 0 aromatic carbocycles. The maximum atomic E-state index is 14.2. The molecule has 1 amide bonds. The molecule has 4 rings (SSSR count). The Balaban J connectivity index is 1.22. The first-order chi connectivity index (χ1) is 14.0. The molecule has 7 nitrogen and oxygen atoms in total. The molecule has 29 heavy (non-hydrogen) atoms. The van der Waals surface area contributed by atoms with Crippen molar-refractivity contribution in [2.75, 3.05) is 43.5 Å². The highest BCUT2D eigenvalue weighted by Crippen LogP contribution is 2.54. The quantitative estimate of drug-likeness (QED) is 0.722. The highest BCUT2D eigenvalue weighted by Gasteiger charge is 2.55. The number of piperidine rings is 1. The zero-order valence-corrected chi connectivity index (χ0v) is 16.6. The molecule has 0 unspecified atom stereocenters. The Morgan fingerprint density at radius 1 is 1.34 bits per heavy atom. The number of carbonyl (C=O) groups is 1. The number of nitrogens with one attached hydrogen (secondary N) is 1. The van der Waals surface area contributed by atoms with Gasteiger partial charge in [-0.25, -0.2) is 9.37 Å². The van der Waals surface area contributed by atoms with E-state index in [0.29, 0.717) is 36.1 Å². The molecular weight excluding hydrogens is 371 g/mol. The van der Waals surface area contributed by atoms with Crippen LogP contribution in [0.1, 0.15) is 12.0 Å². The van der Waals surface area contributed by atoms with Crippen LogP contribution in [0.5, 0.6) is 0 Å². The van der Waals surface area contributed by atoms with E-state index in [2.05, 4.69) is 20.3 Å². The highest BCUT2D eigenvalue weighted by molar-refractivity contribution is 5.91. The van der Waals surface area contributed by atoms with Crippen LogP contribution in [0.15, 0.2) is 36.8 Å². The molecule has 3 atom stereocenters. The van der Waals surface area contributed by atoms with Crippen LogP contribution in [0.2, 0.25) is 0 Å². The van der Waals surface area contributed by atoms with Crippen molar-refractivity contribution in [1.29, 1.82) is 0 Å². The number of fused-ring (bicyclic) bond motifs is 1. The topological polar surface area (TPSA) is 74.2 Å². The molecule has 3 heterocycles. The summed E-state index contributed by atoms with van der Waals surface area (Å²) in [5.74, 6) is 2.13. The maximum Gasteiger partial charge on any atom is 0.244 e. The summed E-state index contributed by atoms with van der Waals surface area (Å²) >= 11 is 0. The lowest BCUT2D eigenvalue weighted by molar-refractivity contribution is -0.116. The smallest absolute Gasteiger partial charge is 0.244 e. The number of nitrogens with zero attached hydrogens (tertiary/aromatic N) is 5. The molecule has 0 bridgehead atoms. The number of aromatic nitrogens is 3. The average molecular weight is 396 g/mol. The summed E-state index contributed by atoms with van der Waals surface area (Å²) in [7, 11) is 3.68. The van der Waals surface area contributed by atoms with Gasteiger partial charge in [-0.2, -0.15) is 4.98 Å². The summed E-state index contributed by atoms with van der Waals surface area (Å²) in [4.78, 5) is 28.1. The van der Waals surface area contributed by atoms with Gasteiger partial charge in [-0.05, 0) is 41.9 Å². The van der Waals surface area contributed by atoms with Crippen molar-refractivity contribution >= 4 is 23.7 Å². The third-order valence-electron chi connectivity index (χ3n) is 5.67. The van der Waals surface area contributed by atoms with Crippen LogP contribution in [0.3, 0.4) is 0 Å². The number of hydrogen-bond acceptors (Lipinski definition) is 6. The second kappa shape index (κ2) is 8.14. The Morgan fingerprint density at radius 2 is 2.14 bits per heavy atom. The zero-order chi connectivity index (χ0) is 20.4. The van der Waals surface area contributed by atoms with Gasteiger partial charge in [0.15, 0.2) is 11.6 Å². The molecule has 1 N–H and O–H groups in total. The number of amides is 1. The van der Waals surface area contributed by atoms with Gasteiger partial charge in [-0.15, -0.1) is 0 Å². The molecule has 1 saturated heterocycles. The number of rotatable bonds is 7. The molecule has 2 aromatic rings. The number of anilines is 2. The Bertz CT molecular complexity index is 891. The van der Waals surface area contributed by atoms with E-state index in [4.69, 9.17) is 0 Å².